The van der Waals surface area contributed by atoms with Gasteiger partial charge < -0.3 is 4.74 Å². The zero-order valence-electron chi connectivity index (χ0n) is 4.64. The van der Waals surface area contributed by atoms with E-state index in [1.807, 2.05) is 0 Å². The molecule has 0 aliphatic carbocycles. The number of hydrogen-bond acceptors (Lipinski definition) is 2. The van der Waals surface area contributed by atoms with E-state index < -0.39 is 0 Å². The molecule has 0 amide bonds. The van der Waals surface area contributed by atoms with Gasteiger partial charge in [0.15, 0.2) is 5.90 Å². The van der Waals surface area contributed by atoms with E-state index in [1.54, 1.807) is 14.0 Å². The summed E-state index contributed by atoms with van der Waals surface area (Å²) in [4.78, 5) is 3.70. The van der Waals surface area contributed by atoms with Crippen LogP contribution in [0.25, 0.3) is 0 Å². The molecule has 2 heteroatoms. The molecule has 0 N–H and O–H groups in total. The van der Waals surface area contributed by atoms with Gasteiger partial charge in [0, 0.05) is 14.0 Å². The molecule has 0 saturated carbocycles. The van der Waals surface area contributed by atoms with Crippen molar-refractivity contribution in [3.8, 4) is 0 Å². The molecule has 0 fully saturated rings. The molecule has 0 aliphatic rings. The topological polar surface area (TPSA) is 21.6 Å². The summed E-state index contributed by atoms with van der Waals surface area (Å²) in [7, 11) is 1.67. The summed E-state index contributed by atoms with van der Waals surface area (Å²) in [6.45, 7) is 5.11. The molecule has 0 rings (SSSR count). The van der Waals surface area contributed by atoms with Crippen molar-refractivity contribution >= 4 is 5.90 Å². The predicted octanol–water partition coefficient (Wildman–Crippen LogP) is 1.19. The fourth-order valence-electron chi connectivity index (χ4n) is 0.173. The van der Waals surface area contributed by atoms with Crippen molar-refractivity contribution in [1.82, 2.24) is 0 Å². The first-order valence-electron chi connectivity index (χ1n) is 2.02. The summed E-state index contributed by atoms with van der Waals surface area (Å²) in [5, 5.41) is 0. The van der Waals surface area contributed by atoms with Crippen LogP contribution in [-0.4, -0.2) is 12.9 Å². The van der Waals surface area contributed by atoms with E-state index in [1.165, 1.54) is 6.26 Å². The van der Waals surface area contributed by atoms with Gasteiger partial charge in [-0.3, -0.25) is 4.99 Å². The number of aliphatic imine (C=N–C) groups is 1. The Kier molecular flexibility index (Phi) is 3.02. The van der Waals surface area contributed by atoms with Crippen LogP contribution in [0.2, 0.25) is 0 Å². The van der Waals surface area contributed by atoms with Gasteiger partial charge in [-0.05, 0) is 0 Å². The minimum absolute atomic E-state index is 0.634. The maximum atomic E-state index is 4.70. The average Bonchev–Trinajstić information content (AvgIpc) is 1.68. The van der Waals surface area contributed by atoms with Crippen molar-refractivity contribution in [3.63, 3.8) is 0 Å². The quantitative estimate of drug-likeness (QED) is 0.275. The highest BCUT2D eigenvalue weighted by Gasteiger charge is 1.77. The van der Waals surface area contributed by atoms with Crippen molar-refractivity contribution in [3.05, 3.63) is 12.8 Å². The molecular formula is C5H9NO. The molecule has 0 aromatic carbocycles. The van der Waals surface area contributed by atoms with Gasteiger partial charge >= 0.3 is 0 Å². The normalized spacial score (nSPS) is 10.9. The smallest absolute Gasteiger partial charge is 0.185 e. The molecule has 0 spiro atoms. The van der Waals surface area contributed by atoms with Crippen LogP contribution >= 0.6 is 0 Å². The SMILES string of the molecule is C=CO/C(C)=N\C. The first-order chi connectivity index (χ1) is 3.31. The van der Waals surface area contributed by atoms with Gasteiger partial charge in [-0.2, -0.15) is 0 Å². The highest BCUT2D eigenvalue weighted by molar-refractivity contribution is 5.73. The Bertz CT molecular complexity index is 86.1. The van der Waals surface area contributed by atoms with Crippen LogP contribution in [0.15, 0.2) is 17.8 Å². The molecule has 0 aliphatic heterocycles. The van der Waals surface area contributed by atoms with Gasteiger partial charge in [0.05, 0.1) is 6.26 Å². The van der Waals surface area contributed by atoms with Crippen molar-refractivity contribution in [2.75, 3.05) is 7.05 Å². The van der Waals surface area contributed by atoms with Crippen LogP contribution in [0.4, 0.5) is 0 Å². The predicted molar refractivity (Wildman–Crippen MR) is 30.3 cm³/mol. The molecule has 7 heavy (non-hydrogen) atoms. The Balaban J connectivity index is 3.36. The molecule has 0 aromatic heterocycles. The van der Waals surface area contributed by atoms with Gasteiger partial charge in [-0.15, -0.1) is 0 Å². The largest absolute Gasteiger partial charge is 0.452 e. The summed E-state index contributed by atoms with van der Waals surface area (Å²) >= 11 is 0. The minimum atomic E-state index is 0.634. The zero-order chi connectivity index (χ0) is 5.70. The number of nitrogens with zero attached hydrogens (tertiary/aromatic N) is 1. The Morgan fingerprint density at radius 1 is 1.86 bits per heavy atom. The molecule has 0 radical (unpaired) electrons. The molecule has 40 valence electrons. The lowest BCUT2D eigenvalue weighted by Crippen LogP contribution is -1.89. The third-order valence-electron chi connectivity index (χ3n) is 0.569. The third kappa shape index (κ3) is 3.03. The standard InChI is InChI=1S/C5H9NO/c1-4-7-5(2)6-3/h4H,1H2,2-3H3/b6-5-. The van der Waals surface area contributed by atoms with E-state index in [4.69, 9.17) is 4.74 Å². The maximum absolute atomic E-state index is 4.70. The van der Waals surface area contributed by atoms with E-state index >= 15 is 0 Å². The molecule has 0 saturated heterocycles. The summed E-state index contributed by atoms with van der Waals surface area (Å²) < 4.78 is 4.70. The first-order valence-corrected chi connectivity index (χ1v) is 2.02. The summed E-state index contributed by atoms with van der Waals surface area (Å²) in [6.07, 6.45) is 1.35. The second-order valence-corrected chi connectivity index (χ2v) is 1.03. The van der Waals surface area contributed by atoms with Crippen LogP contribution in [0.5, 0.6) is 0 Å². The fourth-order valence-corrected chi connectivity index (χ4v) is 0.173. The van der Waals surface area contributed by atoms with Crippen LogP contribution in [0.1, 0.15) is 6.92 Å². The average molecular weight is 99.1 g/mol. The van der Waals surface area contributed by atoms with E-state index in [9.17, 15) is 0 Å². The number of rotatable bonds is 1. The molecule has 0 atom stereocenters. The lowest BCUT2D eigenvalue weighted by Gasteiger charge is -1.91. The Hall–Kier alpha value is -0.790. The van der Waals surface area contributed by atoms with Gasteiger partial charge in [-0.25, -0.2) is 0 Å². The van der Waals surface area contributed by atoms with Gasteiger partial charge in [0.25, 0.3) is 0 Å². The number of hydrogen-bond donors (Lipinski definition) is 0. The Morgan fingerprint density at radius 3 is 2.57 bits per heavy atom. The van der Waals surface area contributed by atoms with Crippen molar-refractivity contribution in [1.29, 1.82) is 0 Å². The van der Waals surface area contributed by atoms with Crippen molar-refractivity contribution in [2.45, 2.75) is 6.92 Å². The maximum Gasteiger partial charge on any atom is 0.185 e. The van der Waals surface area contributed by atoms with Crippen LogP contribution < -0.4 is 0 Å². The molecule has 0 aromatic rings. The van der Waals surface area contributed by atoms with E-state index in [-0.39, 0.29) is 0 Å². The zero-order valence-corrected chi connectivity index (χ0v) is 4.64. The van der Waals surface area contributed by atoms with E-state index in [2.05, 4.69) is 11.6 Å². The lowest BCUT2D eigenvalue weighted by molar-refractivity contribution is 0.469. The van der Waals surface area contributed by atoms with Gasteiger partial charge in [0.1, 0.15) is 0 Å². The van der Waals surface area contributed by atoms with Gasteiger partial charge in [-0.1, -0.05) is 6.58 Å². The molecule has 0 bridgehead atoms. The van der Waals surface area contributed by atoms with Gasteiger partial charge in [0.2, 0.25) is 0 Å². The van der Waals surface area contributed by atoms with Crippen molar-refractivity contribution < 1.29 is 4.74 Å². The summed E-state index contributed by atoms with van der Waals surface area (Å²) in [5.74, 6) is 0.634. The Morgan fingerprint density at radius 2 is 2.43 bits per heavy atom. The van der Waals surface area contributed by atoms with Crippen molar-refractivity contribution in [2.24, 2.45) is 4.99 Å². The second kappa shape index (κ2) is 3.40. The first kappa shape index (κ1) is 6.21. The van der Waals surface area contributed by atoms with Crippen LogP contribution in [-0.2, 0) is 4.74 Å². The fraction of sp³-hybridized carbons (Fsp3) is 0.400. The highest BCUT2D eigenvalue weighted by Crippen LogP contribution is 1.76. The summed E-state index contributed by atoms with van der Waals surface area (Å²) in [5.41, 5.74) is 0. The lowest BCUT2D eigenvalue weighted by atomic mass is 10.8. The molecule has 0 unspecified atom stereocenters. The Labute approximate surface area is 43.5 Å². The van der Waals surface area contributed by atoms with E-state index in [0.29, 0.717) is 5.90 Å². The van der Waals surface area contributed by atoms with Crippen LogP contribution in [0.3, 0.4) is 0 Å². The van der Waals surface area contributed by atoms with E-state index in [0.717, 1.165) is 0 Å². The molecule has 2 nitrogen and oxygen atoms in total. The third-order valence-corrected chi connectivity index (χ3v) is 0.569. The highest BCUT2D eigenvalue weighted by atomic mass is 16.5. The van der Waals surface area contributed by atoms with Crippen LogP contribution in [0, 0.1) is 0 Å². The second-order valence-electron chi connectivity index (χ2n) is 1.03. The molecule has 0 heterocycles. The summed E-state index contributed by atoms with van der Waals surface area (Å²) in [6, 6.07) is 0. The monoisotopic (exact) mass is 99.1 g/mol. The number of ether oxygens (including phenoxy) is 1. The molecular weight excluding hydrogens is 90.1 g/mol. The minimum Gasteiger partial charge on any atom is -0.452 e.